The maximum absolute atomic E-state index is 4.44. The van der Waals surface area contributed by atoms with E-state index in [-0.39, 0.29) is 0 Å². The molecular weight excluding hydrogens is 176 g/mol. The third-order valence-corrected chi connectivity index (χ3v) is 2.60. The lowest BCUT2D eigenvalue weighted by Crippen LogP contribution is -2.06. The number of nitrogens with zero attached hydrogens (tertiary/aromatic N) is 4. The molecule has 1 fully saturated rings. The molecule has 0 radical (unpaired) electrons. The Morgan fingerprint density at radius 1 is 1.43 bits per heavy atom. The monoisotopic (exact) mass is 188 g/mol. The first kappa shape index (κ1) is 7.91. The Labute approximate surface area is 82.0 Å². The fourth-order valence-corrected chi connectivity index (χ4v) is 1.72. The van der Waals surface area contributed by atoms with Crippen molar-refractivity contribution in [1.29, 1.82) is 0 Å². The van der Waals surface area contributed by atoms with Gasteiger partial charge in [0.25, 0.3) is 0 Å². The van der Waals surface area contributed by atoms with Crippen LogP contribution in [-0.4, -0.2) is 19.6 Å². The Morgan fingerprint density at radius 3 is 3.07 bits per heavy atom. The predicted octanol–water partition coefficient (Wildman–Crippen LogP) is 1.39. The van der Waals surface area contributed by atoms with Crippen LogP contribution in [0.2, 0.25) is 0 Å². The normalized spacial score (nSPS) is 16.4. The summed E-state index contributed by atoms with van der Waals surface area (Å²) in [5.41, 5.74) is 0.910. The molecule has 0 aliphatic heterocycles. The van der Waals surface area contributed by atoms with Gasteiger partial charge in [-0.05, 0) is 25.7 Å². The Hall–Kier alpha value is -1.45. The van der Waals surface area contributed by atoms with Crippen LogP contribution in [0, 0.1) is 12.8 Å². The van der Waals surface area contributed by atoms with E-state index in [4.69, 9.17) is 0 Å². The fourth-order valence-electron chi connectivity index (χ4n) is 1.72. The van der Waals surface area contributed by atoms with Gasteiger partial charge in [0, 0.05) is 12.5 Å². The Kier molecular flexibility index (Phi) is 1.56. The molecule has 0 saturated heterocycles. The molecular formula is C10H12N4. The number of hydrogen-bond acceptors (Lipinski definition) is 3. The first-order chi connectivity index (χ1) is 6.83. The van der Waals surface area contributed by atoms with Crippen LogP contribution >= 0.6 is 0 Å². The highest BCUT2D eigenvalue weighted by Crippen LogP contribution is 2.31. The zero-order valence-electron chi connectivity index (χ0n) is 8.14. The Bertz CT molecular complexity index is 470. The molecule has 14 heavy (non-hydrogen) atoms. The van der Waals surface area contributed by atoms with E-state index in [0.29, 0.717) is 0 Å². The zero-order valence-corrected chi connectivity index (χ0v) is 8.14. The number of aromatic nitrogens is 4. The van der Waals surface area contributed by atoms with E-state index < -0.39 is 0 Å². The van der Waals surface area contributed by atoms with E-state index in [1.165, 1.54) is 12.8 Å². The molecule has 1 aliphatic rings. The molecule has 1 aliphatic carbocycles. The van der Waals surface area contributed by atoms with Crippen molar-refractivity contribution in [2.45, 2.75) is 26.2 Å². The van der Waals surface area contributed by atoms with E-state index in [1.807, 2.05) is 17.5 Å². The standard InChI is InChI=1S/C10H12N4/c1-7-12-9-4-5-11-14(9)10(13-7)6-8-2-3-8/h4-5,8H,2-3,6H2,1H3. The summed E-state index contributed by atoms with van der Waals surface area (Å²) in [5.74, 6) is 2.73. The topological polar surface area (TPSA) is 43.1 Å². The number of fused-ring (bicyclic) bond motifs is 1. The molecule has 0 bridgehead atoms. The molecule has 4 nitrogen and oxygen atoms in total. The van der Waals surface area contributed by atoms with E-state index in [2.05, 4.69) is 15.1 Å². The van der Waals surface area contributed by atoms with Gasteiger partial charge in [0.15, 0.2) is 5.65 Å². The zero-order chi connectivity index (χ0) is 9.54. The third kappa shape index (κ3) is 1.27. The summed E-state index contributed by atoms with van der Waals surface area (Å²) >= 11 is 0. The average Bonchev–Trinajstić information content (AvgIpc) is 2.81. The SMILES string of the molecule is Cc1nc(CC2CC2)n2nccc2n1. The van der Waals surface area contributed by atoms with Crippen molar-refractivity contribution in [3.63, 3.8) is 0 Å². The molecule has 4 heteroatoms. The molecule has 0 unspecified atom stereocenters. The van der Waals surface area contributed by atoms with E-state index in [1.54, 1.807) is 6.20 Å². The molecule has 0 aromatic carbocycles. The van der Waals surface area contributed by atoms with Crippen LogP contribution in [0.25, 0.3) is 5.65 Å². The summed E-state index contributed by atoms with van der Waals surface area (Å²) < 4.78 is 1.85. The molecule has 0 amide bonds. The van der Waals surface area contributed by atoms with Crippen LogP contribution in [0.4, 0.5) is 0 Å². The first-order valence-electron chi connectivity index (χ1n) is 5.00. The summed E-state index contributed by atoms with van der Waals surface area (Å²) in [5, 5.41) is 4.23. The third-order valence-electron chi connectivity index (χ3n) is 2.60. The van der Waals surface area contributed by atoms with Gasteiger partial charge in [-0.1, -0.05) is 0 Å². The summed E-state index contributed by atoms with van der Waals surface area (Å²) in [6.45, 7) is 1.93. The van der Waals surface area contributed by atoms with Crippen LogP contribution in [0.3, 0.4) is 0 Å². The van der Waals surface area contributed by atoms with Crippen molar-refractivity contribution in [3.05, 3.63) is 23.9 Å². The molecule has 1 saturated carbocycles. The van der Waals surface area contributed by atoms with Crippen LogP contribution in [0.15, 0.2) is 12.3 Å². The molecule has 2 aromatic rings. The van der Waals surface area contributed by atoms with Crippen molar-refractivity contribution in [2.75, 3.05) is 0 Å². The van der Waals surface area contributed by atoms with E-state index >= 15 is 0 Å². The van der Waals surface area contributed by atoms with Crippen molar-refractivity contribution >= 4 is 5.65 Å². The molecule has 0 N–H and O–H groups in total. The van der Waals surface area contributed by atoms with Gasteiger partial charge in [-0.15, -0.1) is 0 Å². The Balaban J connectivity index is 2.13. The molecule has 3 rings (SSSR count). The second-order valence-electron chi connectivity index (χ2n) is 3.94. The van der Waals surface area contributed by atoms with Gasteiger partial charge in [-0.25, -0.2) is 14.5 Å². The minimum Gasteiger partial charge on any atom is -0.218 e. The van der Waals surface area contributed by atoms with Crippen LogP contribution in [0.1, 0.15) is 24.5 Å². The summed E-state index contributed by atoms with van der Waals surface area (Å²) in [4.78, 5) is 8.76. The first-order valence-corrected chi connectivity index (χ1v) is 5.00. The molecule has 2 heterocycles. The van der Waals surface area contributed by atoms with Crippen molar-refractivity contribution in [2.24, 2.45) is 5.92 Å². The van der Waals surface area contributed by atoms with Gasteiger partial charge in [0.2, 0.25) is 0 Å². The molecule has 0 spiro atoms. The van der Waals surface area contributed by atoms with E-state index in [9.17, 15) is 0 Å². The van der Waals surface area contributed by atoms with Gasteiger partial charge in [0.05, 0.1) is 6.20 Å². The minimum absolute atomic E-state index is 0.830. The predicted molar refractivity (Wildman–Crippen MR) is 51.9 cm³/mol. The summed E-state index contributed by atoms with van der Waals surface area (Å²) in [6.07, 6.45) is 5.50. The second kappa shape index (κ2) is 2.77. The van der Waals surface area contributed by atoms with Gasteiger partial charge in [-0.3, -0.25) is 0 Å². The van der Waals surface area contributed by atoms with Gasteiger partial charge in [0.1, 0.15) is 11.6 Å². The quantitative estimate of drug-likeness (QED) is 0.715. The highest BCUT2D eigenvalue weighted by Gasteiger charge is 2.23. The highest BCUT2D eigenvalue weighted by atomic mass is 15.3. The van der Waals surface area contributed by atoms with E-state index in [0.717, 1.165) is 29.6 Å². The maximum Gasteiger partial charge on any atom is 0.159 e. The maximum atomic E-state index is 4.44. The molecule has 0 atom stereocenters. The lowest BCUT2D eigenvalue weighted by Gasteiger charge is -2.03. The lowest BCUT2D eigenvalue weighted by atomic mass is 10.3. The number of aryl methyl sites for hydroxylation is 1. The minimum atomic E-state index is 0.830. The van der Waals surface area contributed by atoms with Gasteiger partial charge < -0.3 is 0 Å². The van der Waals surface area contributed by atoms with Crippen molar-refractivity contribution in [3.8, 4) is 0 Å². The lowest BCUT2D eigenvalue weighted by molar-refractivity contribution is 0.701. The van der Waals surface area contributed by atoms with Gasteiger partial charge in [-0.2, -0.15) is 5.10 Å². The summed E-state index contributed by atoms with van der Waals surface area (Å²) in [7, 11) is 0. The number of hydrogen-bond donors (Lipinski definition) is 0. The largest absolute Gasteiger partial charge is 0.218 e. The molecule has 72 valence electrons. The highest BCUT2D eigenvalue weighted by molar-refractivity contribution is 5.36. The summed E-state index contributed by atoms with van der Waals surface area (Å²) in [6, 6.07) is 1.92. The van der Waals surface area contributed by atoms with Gasteiger partial charge >= 0.3 is 0 Å². The van der Waals surface area contributed by atoms with Crippen molar-refractivity contribution < 1.29 is 0 Å². The second-order valence-corrected chi connectivity index (χ2v) is 3.94. The smallest absolute Gasteiger partial charge is 0.159 e. The van der Waals surface area contributed by atoms with Crippen LogP contribution in [-0.2, 0) is 6.42 Å². The fraction of sp³-hybridized carbons (Fsp3) is 0.500. The number of rotatable bonds is 2. The van der Waals surface area contributed by atoms with Crippen LogP contribution < -0.4 is 0 Å². The Morgan fingerprint density at radius 2 is 2.29 bits per heavy atom. The van der Waals surface area contributed by atoms with Crippen LogP contribution in [0.5, 0.6) is 0 Å². The molecule has 2 aromatic heterocycles. The average molecular weight is 188 g/mol. The van der Waals surface area contributed by atoms with Crippen molar-refractivity contribution in [1.82, 2.24) is 19.6 Å².